The number of benzene rings is 3. The number of hydrogen-bond donors (Lipinski definition) is 1. The van der Waals surface area contributed by atoms with Gasteiger partial charge >= 0.3 is 0 Å². The highest BCUT2D eigenvalue weighted by molar-refractivity contribution is 6.21. The predicted octanol–water partition coefficient (Wildman–Crippen LogP) is 4.25. The summed E-state index contributed by atoms with van der Waals surface area (Å²) in [7, 11) is 0. The Hall–Kier alpha value is -4.32. The molecular formula is C26H19N3O3. The van der Waals surface area contributed by atoms with Gasteiger partial charge in [0, 0.05) is 30.0 Å². The number of imide groups is 1. The molecule has 3 aromatic carbocycles. The molecular weight excluding hydrogens is 402 g/mol. The minimum atomic E-state index is -0.716. The highest BCUT2D eigenvalue weighted by Gasteiger charge is 2.38. The van der Waals surface area contributed by atoms with Crippen molar-refractivity contribution in [2.75, 3.05) is 11.9 Å². The van der Waals surface area contributed by atoms with E-state index in [2.05, 4.69) is 10.3 Å². The molecule has 1 aliphatic rings. The van der Waals surface area contributed by atoms with Crippen molar-refractivity contribution in [1.29, 1.82) is 0 Å². The molecule has 6 heteroatoms. The molecule has 1 aliphatic heterocycles. The molecule has 1 atom stereocenters. The van der Waals surface area contributed by atoms with Crippen molar-refractivity contribution in [2.24, 2.45) is 0 Å². The molecule has 3 amide bonds. The van der Waals surface area contributed by atoms with Gasteiger partial charge in [0.05, 0.1) is 17.0 Å². The number of anilines is 1. The van der Waals surface area contributed by atoms with Crippen LogP contribution in [0, 0.1) is 0 Å². The first-order valence-electron chi connectivity index (χ1n) is 10.3. The van der Waals surface area contributed by atoms with E-state index >= 15 is 0 Å². The van der Waals surface area contributed by atoms with Crippen LogP contribution in [0.2, 0.25) is 0 Å². The van der Waals surface area contributed by atoms with Gasteiger partial charge in [-0.05, 0) is 41.3 Å². The standard InChI is InChI=1S/C26H19N3O3/c30-24(28-20-11-10-19-15-27-13-12-18(19)14-20)23(17-6-2-1-3-7-17)16-29-25(31)21-8-4-5-9-22(21)26(29)32/h1-15,23H,16H2,(H,28,30). The topological polar surface area (TPSA) is 79.4 Å². The molecule has 0 saturated heterocycles. The van der Waals surface area contributed by atoms with Crippen LogP contribution in [0.25, 0.3) is 10.8 Å². The third kappa shape index (κ3) is 3.52. The zero-order valence-electron chi connectivity index (χ0n) is 17.1. The second-order valence-corrected chi connectivity index (χ2v) is 7.66. The average molecular weight is 421 g/mol. The minimum absolute atomic E-state index is 0.0420. The van der Waals surface area contributed by atoms with Crippen molar-refractivity contribution < 1.29 is 14.4 Å². The molecule has 1 aromatic heterocycles. The number of carbonyl (C=O) groups is 3. The van der Waals surface area contributed by atoms with Crippen LogP contribution in [0.15, 0.2) is 91.3 Å². The van der Waals surface area contributed by atoms with Crippen LogP contribution in [0.3, 0.4) is 0 Å². The Balaban J connectivity index is 1.44. The van der Waals surface area contributed by atoms with Crippen molar-refractivity contribution in [3.63, 3.8) is 0 Å². The maximum absolute atomic E-state index is 13.4. The molecule has 0 aliphatic carbocycles. The lowest BCUT2D eigenvalue weighted by Crippen LogP contribution is -2.38. The molecule has 0 bridgehead atoms. The second-order valence-electron chi connectivity index (χ2n) is 7.66. The monoisotopic (exact) mass is 421 g/mol. The van der Waals surface area contributed by atoms with Gasteiger partial charge in [0.25, 0.3) is 11.8 Å². The minimum Gasteiger partial charge on any atom is -0.325 e. The van der Waals surface area contributed by atoms with Crippen LogP contribution >= 0.6 is 0 Å². The summed E-state index contributed by atoms with van der Waals surface area (Å²) in [5, 5.41) is 4.87. The Bertz CT molecular complexity index is 1320. The molecule has 0 spiro atoms. The first-order chi connectivity index (χ1) is 15.6. The summed E-state index contributed by atoms with van der Waals surface area (Å²) >= 11 is 0. The van der Waals surface area contributed by atoms with E-state index in [4.69, 9.17) is 0 Å². The fraction of sp³-hybridized carbons (Fsp3) is 0.0769. The van der Waals surface area contributed by atoms with Crippen LogP contribution in [-0.2, 0) is 4.79 Å². The molecule has 32 heavy (non-hydrogen) atoms. The number of aromatic nitrogens is 1. The lowest BCUT2D eigenvalue weighted by molar-refractivity contribution is -0.117. The molecule has 0 radical (unpaired) electrons. The van der Waals surface area contributed by atoms with Crippen LogP contribution in [0.1, 0.15) is 32.2 Å². The SMILES string of the molecule is O=C(Nc1ccc2cnccc2c1)C(CN1C(=O)c2ccccc2C1=O)c1ccccc1. The number of carbonyl (C=O) groups excluding carboxylic acids is 3. The average Bonchev–Trinajstić information content (AvgIpc) is 3.07. The number of rotatable bonds is 5. The summed E-state index contributed by atoms with van der Waals surface area (Å²) in [5.41, 5.74) is 2.10. The maximum Gasteiger partial charge on any atom is 0.261 e. The van der Waals surface area contributed by atoms with Gasteiger partial charge in [-0.25, -0.2) is 0 Å². The Morgan fingerprint density at radius 1 is 0.844 bits per heavy atom. The fourth-order valence-electron chi connectivity index (χ4n) is 4.00. The zero-order chi connectivity index (χ0) is 22.1. The number of nitrogens with zero attached hydrogens (tertiary/aromatic N) is 2. The summed E-state index contributed by atoms with van der Waals surface area (Å²) < 4.78 is 0. The molecule has 2 heterocycles. The molecule has 156 valence electrons. The Morgan fingerprint density at radius 3 is 2.25 bits per heavy atom. The maximum atomic E-state index is 13.4. The van der Waals surface area contributed by atoms with E-state index in [0.29, 0.717) is 16.8 Å². The molecule has 4 aromatic rings. The predicted molar refractivity (Wildman–Crippen MR) is 121 cm³/mol. The van der Waals surface area contributed by atoms with Gasteiger partial charge in [-0.1, -0.05) is 48.5 Å². The first-order valence-corrected chi connectivity index (χ1v) is 10.3. The van der Waals surface area contributed by atoms with Gasteiger partial charge in [-0.2, -0.15) is 0 Å². The summed E-state index contributed by atoms with van der Waals surface area (Å²) in [4.78, 5) is 44.4. The van der Waals surface area contributed by atoms with Gasteiger partial charge in [-0.15, -0.1) is 0 Å². The third-order valence-electron chi connectivity index (χ3n) is 5.67. The normalized spacial score (nSPS) is 13.8. The van der Waals surface area contributed by atoms with Crippen molar-refractivity contribution in [1.82, 2.24) is 9.88 Å². The van der Waals surface area contributed by atoms with Crippen molar-refractivity contribution in [2.45, 2.75) is 5.92 Å². The van der Waals surface area contributed by atoms with Gasteiger partial charge < -0.3 is 5.32 Å². The highest BCUT2D eigenvalue weighted by atomic mass is 16.2. The van der Waals surface area contributed by atoms with Crippen LogP contribution < -0.4 is 5.32 Å². The summed E-state index contributed by atoms with van der Waals surface area (Å²) in [5.74, 6) is -1.76. The summed E-state index contributed by atoms with van der Waals surface area (Å²) in [6, 6.07) is 23.4. The quantitative estimate of drug-likeness (QED) is 0.489. The lowest BCUT2D eigenvalue weighted by atomic mass is 9.97. The number of pyridine rings is 1. The van der Waals surface area contributed by atoms with E-state index in [0.717, 1.165) is 21.2 Å². The Labute approximate surface area is 184 Å². The van der Waals surface area contributed by atoms with E-state index < -0.39 is 5.92 Å². The zero-order valence-corrected chi connectivity index (χ0v) is 17.1. The Kier molecular flexibility index (Phi) is 4.95. The van der Waals surface area contributed by atoms with Crippen molar-refractivity contribution >= 4 is 34.2 Å². The number of nitrogens with one attached hydrogen (secondary N) is 1. The molecule has 0 saturated carbocycles. The highest BCUT2D eigenvalue weighted by Crippen LogP contribution is 2.27. The molecule has 1 N–H and O–H groups in total. The van der Waals surface area contributed by atoms with Gasteiger partial charge in [-0.3, -0.25) is 24.3 Å². The van der Waals surface area contributed by atoms with E-state index in [1.165, 1.54) is 0 Å². The van der Waals surface area contributed by atoms with Gasteiger partial charge in [0.1, 0.15) is 0 Å². The number of amides is 3. The molecule has 1 unspecified atom stereocenters. The van der Waals surface area contributed by atoms with E-state index in [1.54, 1.807) is 36.7 Å². The second kappa shape index (κ2) is 8.07. The smallest absolute Gasteiger partial charge is 0.261 e. The largest absolute Gasteiger partial charge is 0.325 e. The van der Waals surface area contributed by atoms with Crippen LogP contribution in [0.4, 0.5) is 5.69 Å². The fourth-order valence-corrected chi connectivity index (χ4v) is 4.00. The van der Waals surface area contributed by atoms with Gasteiger partial charge in [0.2, 0.25) is 5.91 Å². The third-order valence-corrected chi connectivity index (χ3v) is 5.67. The lowest BCUT2D eigenvalue weighted by Gasteiger charge is -2.22. The van der Waals surface area contributed by atoms with Gasteiger partial charge in [0.15, 0.2) is 0 Å². The summed E-state index contributed by atoms with van der Waals surface area (Å²) in [6.45, 7) is -0.0420. The van der Waals surface area contributed by atoms with Crippen molar-refractivity contribution in [3.8, 4) is 0 Å². The van der Waals surface area contributed by atoms with Crippen LogP contribution in [0.5, 0.6) is 0 Å². The number of hydrogen-bond acceptors (Lipinski definition) is 4. The van der Waals surface area contributed by atoms with Crippen LogP contribution in [-0.4, -0.2) is 34.2 Å². The molecule has 5 rings (SSSR count). The van der Waals surface area contributed by atoms with E-state index in [9.17, 15) is 14.4 Å². The Morgan fingerprint density at radius 2 is 1.53 bits per heavy atom. The molecule has 0 fully saturated rings. The van der Waals surface area contributed by atoms with E-state index in [-0.39, 0.29) is 24.3 Å². The molecule has 6 nitrogen and oxygen atoms in total. The number of fused-ring (bicyclic) bond motifs is 2. The van der Waals surface area contributed by atoms with Crippen molar-refractivity contribution in [3.05, 3.63) is 108 Å². The van der Waals surface area contributed by atoms with E-state index in [1.807, 2.05) is 54.6 Å². The summed E-state index contributed by atoms with van der Waals surface area (Å²) in [6.07, 6.45) is 3.46. The first kappa shape index (κ1) is 19.6.